The molecule has 1 fully saturated rings. The Morgan fingerprint density at radius 1 is 1.39 bits per heavy atom. The molecule has 1 aliphatic heterocycles. The molecule has 0 spiro atoms. The summed E-state index contributed by atoms with van der Waals surface area (Å²) in [5.74, 6) is 0.342. The summed E-state index contributed by atoms with van der Waals surface area (Å²) in [6.07, 6.45) is 3.39. The van der Waals surface area contributed by atoms with E-state index in [0.29, 0.717) is 6.54 Å². The van der Waals surface area contributed by atoms with Crippen molar-refractivity contribution in [3.63, 3.8) is 0 Å². The van der Waals surface area contributed by atoms with Gasteiger partial charge in [0.2, 0.25) is 0 Å². The van der Waals surface area contributed by atoms with Crippen molar-refractivity contribution in [1.82, 2.24) is 19.9 Å². The Morgan fingerprint density at radius 2 is 2.21 bits per heavy atom. The second kappa shape index (κ2) is 7.48. The van der Waals surface area contributed by atoms with E-state index in [2.05, 4.69) is 26.9 Å². The highest BCUT2D eigenvalue weighted by molar-refractivity contribution is 6.18. The van der Waals surface area contributed by atoms with Gasteiger partial charge in [0.05, 0.1) is 22.6 Å². The van der Waals surface area contributed by atoms with Crippen LogP contribution in [0.25, 0.3) is 10.9 Å². The fourth-order valence-corrected chi connectivity index (χ4v) is 4.87. The molecule has 9 nitrogen and oxygen atoms in total. The van der Waals surface area contributed by atoms with E-state index < -0.39 is 6.03 Å². The smallest absolute Gasteiger partial charge is 0.332 e. The molecule has 0 saturated carbocycles. The second-order valence-corrected chi connectivity index (χ2v) is 7.79. The number of hydrogen-bond acceptors (Lipinski definition) is 6. The van der Waals surface area contributed by atoms with Crippen molar-refractivity contribution in [3.8, 4) is 0 Å². The van der Waals surface area contributed by atoms with Crippen LogP contribution in [-0.4, -0.2) is 58.7 Å². The minimum absolute atomic E-state index is 0.0698. The Hall–Kier alpha value is -2.52. The van der Waals surface area contributed by atoms with E-state index in [1.54, 1.807) is 0 Å². The second-order valence-electron chi connectivity index (χ2n) is 7.42. The maximum Gasteiger partial charge on any atom is 0.340 e. The number of amides is 2. The highest BCUT2D eigenvalue weighted by Gasteiger charge is 2.40. The van der Waals surface area contributed by atoms with Crippen molar-refractivity contribution in [2.24, 2.45) is 10.6 Å². The molecule has 0 radical (unpaired) electrons. The predicted octanol–water partition coefficient (Wildman–Crippen LogP) is 2.82. The SMILES string of the molecule is CN1CC(NC(=O)N(CCCl)N=O)C[C@@H]2c3cccc4c3c(cn4N=O)C[C@H]21. The Bertz CT molecular complexity index is 931. The van der Waals surface area contributed by atoms with Crippen LogP contribution in [0.1, 0.15) is 23.5 Å². The number of alkyl halides is 1. The summed E-state index contributed by atoms with van der Waals surface area (Å²) < 4.78 is 1.39. The van der Waals surface area contributed by atoms with Crippen LogP contribution in [0, 0.1) is 9.81 Å². The lowest BCUT2D eigenvalue weighted by molar-refractivity contribution is 0.124. The van der Waals surface area contributed by atoms with Gasteiger partial charge in [-0.05, 0) is 37.1 Å². The summed E-state index contributed by atoms with van der Waals surface area (Å²) >= 11 is 5.62. The standard InChI is InChI=1S/C18H21ClN6O3/c1-23-10-12(20-18(26)24(21-27)6-5-19)8-14-13-3-2-4-15-17(13)11(7-16(14)23)9-25(15)22-28/h2-4,9,12,14,16H,5-8,10H2,1H3,(H,20,26)/t12?,14-,16-/m1/s1. The number of nitroso groups, excluding NO2 is 2. The van der Waals surface area contributed by atoms with Crippen molar-refractivity contribution < 1.29 is 4.79 Å². The number of benzene rings is 1. The molecule has 1 saturated heterocycles. The largest absolute Gasteiger partial charge is 0.340 e. The third kappa shape index (κ3) is 3.04. The Kier molecular flexibility index (Phi) is 5.03. The van der Waals surface area contributed by atoms with E-state index in [9.17, 15) is 14.6 Å². The average molecular weight is 405 g/mol. The number of aromatic nitrogens is 1. The first-order valence-electron chi connectivity index (χ1n) is 9.21. The Balaban J connectivity index is 1.62. The Morgan fingerprint density at radius 3 is 2.93 bits per heavy atom. The van der Waals surface area contributed by atoms with Crippen LogP contribution in [-0.2, 0) is 6.42 Å². The summed E-state index contributed by atoms with van der Waals surface area (Å²) in [6.45, 7) is 0.735. The first-order valence-corrected chi connectivity index (χ1v) is 9.74. The number of likely N-dealkylation sites (N-methyl/N-ethyl adjacent to an activating group) is 1. The molecule has 10 heteroatoms. The minimum Gasteiger partial charge on any atom is -0.332 e. The maximum absolute atomic E-state index is 12.3. The third-order valence-electron chi connectivity index (χ3n) is 5.87. The van der Waals surface area contributed by atoms with Gasteiger partial charge in [-0.25, -0.2) is 9.47 Å². The normalized spacial score (nSPS) is 23.9. The van der Waals surface area contributed by atoms with Gasteiger partial charge in [0.25, 0.3) is 0 Å². The van der Waals surface area contributed by atoms with Gasteiger partial charge in [-0.1, -0.05) is 12.1 Å². The van der Waals surface area contributed by atoms with Gasteiger partial charge in [0.1, 0.15) is 0 Å². The molecule has 1 aromatic heterocycles. The quantitative estimate of drug-likeness (QED) is 0.470. The highest BCUT2D eigenvalue weighted by atomic mass is 35.5. The van der Waals surface area contributed by atoms with Gasteiger partial charge in [-0.3, -0.25) is 0 Å². The molecule has 1 aliphatic carbocycles. The molecular weight excluding hydrogens is 384 g/mol. The summed E-state index contributed by atoms with van der Waals surface area (Å²) in [7, 11) is 2.03. The number of nitrogens with zero attached hydrogens (tertiary/aromatic N) is 5. The lowest BCUT2D eigenvalue weighted by atomic mass is 9.74. The van der Waals surface area contributed by atoms with Crippen LogP contribution in [0.5, 0.6) is 0 Å². The molecule has 2 heterocycles. The van der Waals surface area contributed by atoms with Crippen LogP contribution >= 0.6 is 11.6 Å². The van der Waals surface area contributed by atoms with Crippen molar-refractivity contribution in [1.29, 1.82) is 0 Å². The van der Waals surface area contributed by atoms with E-state index in [4.69, 9.17) is 11.6 Å². The van der Waals surface area contributed by atoms with Gasteiger partial charge < -0.3 is 10.2 Å². The number of likely N-dealkylation sites (tertiary alicyclic amines) is 1. The summed E-state index contributed by atoms with van der Waals surface area (Å²) in [5.41, 5.74) is 3.11. The molecule has 1 unspecified atom stereocenters. The van der Waals surface area contributed by atoms with Crippen LogP contribution in [0.3, 0.4) is 0 Å². The molecule has 1 N–H and O–H groups in total. The lowest BCUT2D eigenvalue weighted by Crippen LogP contribution is -2.56. The van der Waals surface area contributed by atoms with Gasteiger partial charge in [-0.2, -0.15) is 5.01 Å². The van der Waals surface area contributed by atoms with Gasteiger partial charge in [0, 0.05) is 42.0 Å². The number of nitrogens with one attached hydrogen (secondary N) is 1. The monoisotopic (exact) mass is 404 g/mol. The van der Waals surface area contributed by atoms with Gasteiger partial charge in [-0.15, -0.1) is 21.4 Å². The number of hydrogen-bond donors (Lipinski definition) is 1. The van der Waals surface area contributed by atoms with E-state index in [1.165, 1.54) is 10.2 Å². The summed E-state index contributed by atoms with van der Waals surface area (Å²) in [6, 6.07) is 5.54. The van der Waals surface area contributed by atoms with E-state index in [1.807, 2.05) is 25.4 Å². The topological polar surface area (TPSA) is 99.4 Å². The van der Waals surface area contributed by atoms with Crippen molar-refractivity contribution >= 4 is 28.5 Å². The van der Waals surface area contributed by atoms with Crippen LogP contribution < -0.4 is 5.32 Å². The van der Waals surface area contributed by atoms with Crippen molar-refractivity contribution in [2.75, 3.05) is 26.0 Å². The first-order chi connectivity index (χ1) is 13.6. The summed E-state index contributed by atoms with van der Waals surface area (Å²) in [4.78, 5) is 36.6. The molecule has 1 aromatic carbocycles. The highest BCUT2D eigenvalue weighted by Crippen LogP contribution is 2.43. The van der Waals surface area contributed by atoms with Crippen molar-refractivity contribution in [3.05, 3.63) is 45.3 Å². The van der Waals surface area contributed by atoms with Crippen LogP contribution in [0.4, 0.5) is 4.79 Å². The molecule has 4 rings (SSSR count). The molecule has 148 valence electrons. The number of urea groups is 1. The number of carbonyl (C=O) groups is 1. The number of fused-ring (bicyclic) bond motifs is 2. The lowest BCUT2D eigenvalue weighted by Gasteiger charge is -2.45. The van der Waals surface area contributed by atoms with E-state index in [0.717, 1.165) is 34.3 Å². The minimum atomic E-state index is -0.529. The van der Waals surface area contributed by atoms with Crippen molar-refractivity contribution in [2.45, 2.75) is 30.8 Å². The van der Waals surface area contributed by atoms with Gasteiger partial charge >= 0.3 is 6.03 Å². The molecule has 2 aromatic rings. The number of piperidine rings is 1. The van der Waals surface area contributed by atoms with E-state index in [-0.39, 0.29) is 30.4 Å². The van der Waals surface area contributed by atoms with Crippen LogP contribution in [0.15, 0.2) is 35.0 Å². The summed E-state index contributed by atoms with van der Waals surface area (Å²) in [5, 5.41) is 10.7. The number of rotatable bonds is 5. The van der Waals surface area contributed by atoms with Crippen LogP contribution in [0.2, 0.25) is 0 Å². The Labute approximate surface area is 166 Å². The first kappa shape index (κ1) is 18.8. The molecule has 2 aliphatic rings. The molecule has 3 atom stereocenters. The number of carbonyl (C=O) groups excluding carboxylic acids is 1. The third-order valence-corrected chi connectivity index (χ3v) is 6.04. The molecular formula is C18H21ClN6O3. The molecule has 2 amide bonds. The molecule has 0 bridgehead atoms. The fourth-order valence-electron chi connectivity index (χ4n) is 4.71. The van der Waals surface area contributed by atoms with Gasteiger partial charge in [0.15, 0.2) is 0 Å². The average Bonchev–Trinajstić information content (AvgIpc) is 3.06. The van der Waals surface area contributed by atoms with E-state index >= 15 is 0 Å². The predicted molar refractivity (Wildman–Crippen MR) is 106 cm³/mol. The zero-order valence-corrected chi connectivity index (χ0v) is 16.2. The molecule has 28 heavy (non-hydrogen) atoms. The fraction of sp³-hybridized carbons (Fsp3) is 0.500. The number of halogens is 1. The maximum atomic E-state index is 12.3. The zero-order valence-electron chi connectivity index (χ0n) is 15.4. The zero-order chi connectivity index (χ0) is 19.8.